The van der Waals surface area contributed by atoms with Gasteiger partial charge in [0.25, 0.3) is 5.91 Å². The summed E-state index contributed by atoms with van der Waals surface area (Å²) < 4.78 is 13.0. The van der Waals surface area contributed by atoms with Crippen LogP contribution in [0.4, 0.5) is 5.82 Å². The first-order chi connectivity index (χ1) is 14.4. The Bertz CT molecular complexity index is 1060. The summed E-state index contributed by atoms with van der Waals surface area (Å²) in [4.78, 5) is 13.2. The maximum Gasteiger partial charge on any atom is 0.269 e. The number of ether oxygens (including phenoxy) is 2. The zero-order valence-electron chi connectivity index (χ0n) is 16.9. The van der Waals surface area contributed by atoms with Crippen LogP contribution in [0.2, 0.25) is 5.02 Å². The van der Waals surface area contributed by atoms with Crippen molar-refractivity contribution in [1.29, 1.82) is 0 Å². The summed E-state index contributed by atoms with van der Waals surface area (Å²) >= 11 is 7.72. The van der Waals surface area contributed by atoms with Crippen LogP contribution in [0.25, 0.3) is 5.69 Å². The SMILES string of the molecule is COc1ccc(-n2nc3c(c2NC(=O)C(C)(C)Oc2ccc(Cl)cc2)CSC3)cc1. The van der Waals surface area contributed by atoms with Gasteiger partial charge in [-0.3, -0.25) is 4.79 Å². The molecule has 0 fully saturated rings. The van der Waals surface area contributed by atoms with Crippen molar-refractivity contribution < 1.29 is 14.3 Å². The van der Waals surface area contributed by atoms with Crippen LogP contribution >= 0.6 is 23.4 Å². The Labute approximate surface area is 184 Å². The van der Waals surface area contributed by atoms with Gasteiger partial charge in [0, 0.05) is 22.1 Å². The predicted octanol–water partition coefficient (Wildman–Crippen LogP) is 5.08. The molecule has 1 aromatic heterocycles. The van der Waals surface area contributed by atoms with Gasteiger partial charge in [-0.1, -0.05) is 11.6 Å². The lowest BCUT2D eigenvalue weighted by Crippen LogP contribution is -2.43. The summed E-state index contributed by atoms with van der Waals surface area (Å²) in [5.41, 5.74) is 1.79. The molecule has 0 atom stereocenters. The average Bonchev–Trinajstić information content (AvgIpc) is 3.32. The number of fused-ring (bicyclic) bond motifs is 1. The van der Waals surface area contributed by atoms with Crippen molar-refractivity contribution in [2.45, 2.75) is 31.0 Å². The minimum absolute atomic E-state index is 0.258. The van der Waals surface area contributed by atoms with E-state index in [2.05, 4.69) is 5.32 Å². The van der Waals surface area contributed by atoms with Crippen molar-refractivity contribution in [2.75, 3.05) is 12.4 Å². The van der Waals surface area contributed by atoms with Gasteiger partial charge in [0.1, 0.15) is 17.3 Å². The summed E-state index contributed by atoms with van der Waals surface area (Å²) in [6.45, 7) is 3.47. The van der Waals surface area contributed by atoms with Gasteiger partial charge in [-0.05, 0) is 62.4 Å². The lowest BCUT2D eigenvalue weighted by atomic mass is 10.1. The third kappa shape index (κ3) is 4.13. The fourth-order valence-corrected chi connectivity index (χ4v) is 4.31. The van der Waals surface area contributed by atoms with Gasteiger partial charge < -0.3 is 14.8 Å². The van der Waals surface area contributed by atoms with Crippen molar-refractivity contribution >= 4 is 35.1 Å². The number of methoxy groups -OCH3 is 1. The number of nitrogens with zero attached hydrogens (tertiary/aromatic N) is 2. The third-order valence-corrected chi connectivity index (χ3v) is 6.06. The topological polar surface area (TPSA) is 65.4 Å². The van der Waals surface area contributed by atoms with Gasteiger partial charge in [0.05, 0.1) is 18.5 Å². The number of amides is 1. The highest BCUT2D eigenvalue weighted by Gasteiger charge is 2.33. The van der Waals surface area contributed by atoms with Crippen LogP contribution in [0.15, 0.2) is 48.5 Å². The number of hydrogen-bond donors (Lipinski definition) is 1. The number of anilines is 1. The number of nitrogens with one attached hydrogen (secondary N) is 1. The molecule has 8 heteroatoms. The molecule has 0 saturated heterocycles. The van der Waals surface area contributed by atoms with E-state index in [0.717, 1.165) is 34.2 Å². The number of hydrogen-bond acceptors (Lipinski definition) is 5. The molecule has 0 radical (unpaired) electrons. The molecule has 6 nitrogen and oxygen atoms in total. The first-order valence-electron chi connectivity index (χ1n) is 9.46. The molecule has 1 aliphatic heterocycles. The lowest BCUT2D eigenvalue weighted by molar-refractivity contribution is -0.128. The number of carbonyl (C=O) groups is 1. The largest absolute Gasteiger partial charge is 0.497 e. The Balaban J connectivity index is 1.61. The predicted molar refractivity (Wildman–Crippen MR) is 120 cm³/mol. The van der Waals surface area contributed by atoms with Gasteiger partial charge in [-0.2, -0.15) is 16.9 Å². The van der Waals surface area contributed by atoms with E-state index in [4.69, 9.17) is 26.2 Å². The standard InChI is InChI=1S/C22H22ClN3O3S/c1-22(2,29-17-8-4-14(23)5-9-17)21(27)24-20-18-12-30-13-19(18)25-26(20)15-6-10-16(28-3)11-7-15/h4-11H,12-13H2,1-3H3,(H,24,27). The molecule has 3 aromatic rings. The first kappa shape index (κ1) is 20.6. The number of benzene rings is 2. The van der Waals surface area contributed by atoms with Crippen LogP contribution in [0.1, 0.15) is 25.1 Å². The van der Waals surface area contributed by atoms with E-state index >= 15 is 0 Å². The molecule has 0 unspecified atom stereocenters. The fourth-order valence-electron chi connectivity index (χ4n) is 3.15. The molecular weight excluding hydrogens is 422 g/mol. The zero-order chi connectivity index (χ0) is 21.3. The van der Waals surface area contributed by atoms with Crippen molar-refractivity contribution in [1.82, 2.24) is 9.78 Å². The molecule has 30 heavy (non-hydrogen) atoms. The highest BCUT2D eigenvalue weighted by molar-refractivity contribution is 7.98. The second-order valence-electron chi connectivity index (χ2n) is 7.40. The molecule has 4 rings (SSSR count). The zero-order valence-corrected chi connectivity index (χ0v) is 18.5. The van der Waals surface area contributed by atoms with Crippen LogP contribution in [0.5, 0.6) is 11.5 Å². The van der Waals surface area contributed by atoms with E-state index < -0.39 is 5.60 Å². The van der Waals surface area contributed by atoms with Gasteiger partial charge >= 0.3 is 0 Å². The quantitative estimate of drug-likeness (QED) is 0.575. The molecule has 0 aliphatic carbocycles. The third-order valence-electron chi connectivity index (χ3n) is 4.83. The maximum absolute atomic E-state index is 13.2. The van der Waals surface area contributed by atoms with E-state index in [0.29, 0.717) is 16.6 Å². The summed E-state index contributed by atoms with van der Waals surface area (Å²) in [5, 5.41) is 8.40. The number of thioether (sulfide) groups is 1. The van der Waals surface area contributed by atoms with Crippen LogP contribution in [0, 0.1) is 0 Å². The van der Waals surface area contributed by atoms with Gasteiger partial charge in [-0.25, -0.2) is 4.68 Å². The minimum Gasteiger partial charge on any atom is -0.497 e. The van der Waals surface area contributed by atoms with Crippen LogP contribution in [-0.2, 0) is 16.3 Å². The highest BCUT2D eigenvalue weighted by atomic mass is 35.5. The molecule has 1 N–H and O–H groups in total. The highest BCUT2D eigenvalue weighted by Crippen LogP contribution is 2.36. The van der Waals surface area contributed by atoms with E-state index in [1.165, 1.54) is 0 Å². The van der Waals surface area contributed by atoms with E-state index in [1.807, 2.05) is 24.3 Å². The number of carbonyl (C=O) groups excluding carboxylic acids is 1. The van der Waals surface area contributed by atoms with Crippen LogP contribution < -0.4 is 14.8 Å². The van der Waals surface area contributed by atoms with E-state index in [-0.39, 0.29) is 5.91 Å². The summed E-state index contributed by atoms with van der Waals surface area (Å²) in [6, 6.07) is 14.5. The summed E-state index contributed by atoms with van der Waals surface area (Å²) in [7, 11) is 1.63. The second-order valence-corrected chi connectivity index (χ2v) is 8.82. The molecule has 0 saturated carbocycles. The van der Waals surface area contributed by atoms with E-state index in [9.17, 15) is 4.79 Å². The lowest BCUT2D eigenvalue weighted by Gasteiger charge is -2.25. The molecule has 0 bridgehead atoms. The monoisotopic (exact) mass is 443 g/mol. The molecule has 2 aromatic carbocycles. The smallest absolute Gasteiger partial charge is 0.269 e. The molecule has 156 valence electrons. The maximum atomic E-state index is 13.2. The van der Waals surface area contributed by atoms with E-state index in [1.54, 1.807) is 61.7 Å². The summed E-state index contributed by atoms with van der Waals surface area (Å²) in [5.74, 6) is 3.39. The van der Waals surface area contributed by atoms with Crippen molar-refractivity contribution in [3.05, 3.63) is 64.8 Å². The number of rotatable bonds is 6. The summed E-state index contributed by atoms with van der Waals surface area (Å²) in [6.07, 6.45) is 0. The average molecular weight is 444 g/mol. The van der Waals surface area contributed by atoms with Crippen molar-refractivity contribution in [2.24, 2.45) is 0 Å². The Hall–Kier alpha value is -2.64. The molecule has 1 aliphatic rings. The van der Waals surface area contributed by atoms with Crippen molar-refractivity contribution in [3.8, 4) is 17.2 Å². The normalized spacial score (nSPS) is 13.1. The molecule has 0 spiro atoms. The van der Waals surface area contributed by atoms with Gasteiger partial charge in [0.2, 0.25) is 0 Å². The Kier molecular flexibility index (Phi) is 5.66. The Morgan fingerprint density at radius 3 is 2.43 bits per heavy atom. The van der Waals surface area contributed by atoms with Crippen LogP contribution in [-0.4, -0.2) is 28.4 Å². The first-order valence-corrected chi connectivity index (χ1v) is 11.0. The minimum atomic E-state index is -1.10. The van der Waals surface area contributed by atoms with Crippen molar-refractivity contribution in [3.63, 3.8) is 0 Å². The molecular formula is C22H22ClN3O3S. The Morgan fingerprint density at radius 2 is 1.77 bits per heavy atom. The number of aromatic nitrogens is 2. The number of halogens is 1. The van der Waals surface area contributed by atoms with Gasteiger partial charge in [-0.15, -0.1) is 0 Å². The van der Waals surface area contributed by atoms with Crippen LogP contribution in [0.3, 0.4) is 0 Å². The second kappa shape index (κ2) is 8.24. The fraction of sp³-hybridized carbons (Fsp3) is 0.273. The Morgan fingerprint density at radius 1 is 1.10 bits per heavy atom. The van der Waals surface area contributed by atoms with Gasteiger partial charge in [0.15, 0.2) is 5.60 Å². The molecule has 1 amide bonds. The molecule has 2 heterocycles.